The molecule has 0 aliphatic heterocycles. The van der Waals surface area contributed by atoms with Crippen LogP contribution in [0.3, 0.4) is 0 Å². The Balaban J connectivity index is 1.63. The predicted octanol–water partition coefficient (Wildman–Crippen LogP) is 7.73. The fourth-order valence-corrected chi connectivity index (χ4v) is 5.19. The van der Waals surface area contributed by atoms with Gasteiger partial charge in [0, 0.05) is 0 Å². The van der Waals surface area contributed by atoms with Crippen LogP contribution >= 0.6 is 8.17 Å². The molecule has 2 rings (SSSR count). The minimum absolute atomic E-state index is 0.106. The molecule has 0 radical (unpaired) electrons. The van der Waals surface area contributed by atoms with Crippen LogP contribution in [0, 0.1) is 0 Å². The van der Waals surface area contributed by atoms with E-state index in [2.05, 4.69) is 24.4 Å². The van der Waals surface area contributed by atoms with E-state index in [9.17, 15) is 19.5 Å². The number of hydrogen-bond donors (Lipinski definition) is 4. The molecule has 1 atom stereocenters. The molecule has 0 aromatic heterocycles. The van der Waals surface area contributed by atoms with Gasteiger partial charge in [-0.15, -0.1) is 0 Å². The molecule has 1 amide bonds. The molecule has 236 valence electrons. The zero-order valence-corrected chi connectivity index (χ0v) is 26.5. The first-order chi connectivity index (χ1) is 20.4. The summed E-state index contributed by atoms with van der Waals surface area (Å²) in [6, 6.07) is 17.0. The summed E-state index contributed by atoms with van der Waals surface area (Å²) >= 11 is 0. The summed E-state index contributed by atoms with van der Waals surface area (Å²) in [5, 5.41) is 2.93. The number of nitrogens with one attached hydrogen (secondary N) is 1. The Morgan fingerprint density at radius 3 is 2.00 bits per heavy atom. The van der Waals surface area contributed by atoms with Crippen molar-refractivity contribution in [2.24, 2.45) is 0 Å². The maximum atomic E-state index is 12.6. The molecule has 0 heterocycles. The molecule has 2 aromatic carbocycles. The van der Waals surface area contributed by atoms with E-state index in [-0.39, 0.29) is 12.5 Å². The third-order valence-electron chi connectivity index (χ3n) is 7.16. The molecule has 42 heavy (non-hydrogen) atoms. The second-order valence-corrected chi connectivity index (χ2v) is 12.5. The maximum absolute atomic E-state index is 12.6. The molecule has 2 aromatic rings. The Morgan fingerprint density at radius 2 is 1.38 bits per heavy atom. The first kappa shape index (κ1) is 35.9. The molecule has 7 nitrogen and oxygen atoms in total. The molecule has 0 spiro atoms. The normalized spacial score (nSPS) is 12.9. The summed E-state index contributed by atoms with van der Waals surface area (Å²) in [6.07, 6.45) is 21.1. The summed E-state index contributed by atoms with van der Waals surface area (Å²) in [7, 11) is -4.68. The van der Waals surface area contributed by atoms with E-state index in [0.29, 0.717) is 19.4 Å². The van der Waals surface area contributed by atoms with Gasteiger partial charge in [-0.25, -0.2) is 0 Å². The van der Waals surface area contributed by atoms with Gasteiger partial charge >= 0.3 is 172 Å². The zero-order chi connectivity index (χ0) is 30.3. The Hall–Kier alpha value is -2.28. The van der Waals surface area contributed by atoms with Gasteiger partial charge in [0.2, 0.25) is 0 Å². The number of carbonyl (C=O) groups excluding carboxylic acids is 1. The van der Waals surface area contributed by atoms with E-state index in [1.54, 1.807) is 0 Å². The van der Waals surface area contributed by atoms with Crippen LogP contribution in [0.5, 0.6) is 5.75 Å². The van der Waals surface area contributed by atoms with E-state index in [1.807, 2.05) is 54.6 Å². The van der Waals surface area contributed by atoms with Crippen molar-refractivity contribution in [2.45, 2.75) is 116 Å². The zero-order valence-electron chi connectivity index (χ0n) is 25.5. The minimum atomic E-state index is -4.68. The van der Waals surface area contributed by atoms with E-state index in [1.165, 1.54) is 57.8 Å². The van der Waals surface area contributed by atoms with Crippen LogP contribution in [0.15, 0.2) is 66.7 Å². The van der Waals surface area contributed by atoms with Gasteiger partial charge in [-0.2, -0.15) is 0 Å². The average Bonchev–Trinajstić information content (AvgIpc) is 2.97. The van der Waals surface area contributed by atoms with Gasteiger partial charge in [-0.1, -0.05) is 69.4 Å². The molecule has 0 saturated carbocycles. The van der Waals surface area contributed by atoms with Gasteiger partial charge in [-0.05, 0) is 12.8 Å². The Kier molecular flexibility index (Phi) is 19.1. The van der Waals surface area contributed by atoms with E-state index >= 15 is 0 Å². The molecular formula is C34H54NO6P. The Bertz CT molecular complexity index is 978. The molecule has 0 aliphatic rings. The molecule has 0 unspecified atom stereocenters. The van der Waals surface area contributed by atoms with Crippen LogP contribution in [0.25, 0.3) is 0 Å². The standard InChI is InChI=1S/C34H54NO6P/c1-2-3-4-5-6-7-8-9-10-11-12-13-14-15-19-22-34(36)35-32(29-41-42(37,38)39)27-30-23-25-33(26-24-30)40-28-31-20-17-16-18-21-31/h9-10,16-18,20-21,23-26,32,37-39,42H,2-8,11-15,19,22,27-29H2,1H3,(H,35,36)/b10-9-/t32-/m0/s1. The van der Waals surface area contributed by atoms with Crippen molar-refractivity contribution in [3.63, 3.8) is 0 Å². The number of hydrogen-bond acceptors (Lipinski definition) is 6. The van der Waals surface area contributed by atoms with Crippen LogP contribution < -0.4 is 10.1 Å². The molecule has 0 aliphatic carbocycles. The summed E-state index contributed by atoms with van der Waals surface area (Å²) in [5.74, 6) is 0.626. The quantitative estimate of drug-likeness (QED) is 0.0556. The van der Waals surface area contributed by atoms with Crippen molar-refractivity contribution in [2.75, 3.05) is 6.61 Å². The summed E-state index contributed by atoms with van der Waals surface area (Å²) in [5.41, 5.74) is 2.01. The second-order valence-electron chi connectivity index (χ2n) is 11.1. The number of allylic oxidation sites excluding steroid dienone is 2. The third kappa shape index (κ3) is 19.0. The van der Waals surface area contributed by atoms with Gasteiger partial charge in [-0.3, -0.25) is 0 Å². The Labute approximate surface area is 254 Å². The number of carbonyl (C=O) groups is 1. The summed E-state index contributed by atoms with van der Waals surface area (Å²) in [4.78, 5) is 40.5. The fourth-order valence-electron chi connectivity index (χ4n) is 4.77. The van der Waals surface area contributed by atoms with Crippen LogP contribution in [0.1, 0.15) is 108 Å². The number of ether oxygens (including phenoxy) is 1. The summed E-state index contributed by atoms with van der Waals surface area (Å²) < 4.78 is 10.7. The van der Waals surface area contributed by atoms with Gasteiger partial charge < -0.3 is 0 Å². The molecule has 8 heteroatoms. The molecule has 4 N–H and O–H groups in total. The molecule has 0 bridgehead atoms. The number of unbranched alkanes of at least 4 members (excludes halogenated alkanes) is 11. The topological polar surface area (TPSA) is 108 Å². The number of amides is 1. The van der Waals surface area contributed by atoms with E-state index < -0.39 is 14.2 Å². The van der Waals surface area contributed by atoms with Gasteiger partial charge in [0.25, 0.3) is 0 Å². The van der Waals surface area contributed by atoms with E-state index in [0.717, 1.165) is 42.6 Å². The van der Waals surface area contributed by atoms with Gasteiger partial charge in [0.05, 0.1) is 0 Å². The number of benzene rings is 2. The van der Waals surface area contributed by atoms with Crippen molar-refractivity contribution in [1.29, 1.82) is 0 Å². The first-order valence-corrected chi connectivity index (χ1v) is 17.6. The predicted molar refractivity (Wildman–Crippen MR) is 173 cm³/mol. The van der Waals surface area contributed by atoms with Crippen molar-refractivity contribution in [3.8, 4) is 5.75 Å². The molecular weight excluding hydrogens is 549 g/mol. The van der Waals surface area contributed by atoms with Crippen molar-refractivity contribution < 1.29 is 28.7 Å². The van der Waals surface area contributed by atoms with Crippen LogP contribution in [-0.2, 0) is 22.3 Å². The van der Waals surface area contributed by atoms with Crippen molar-refractivity contribution in [1.82, 2.24) is 5.32 Å². The van der Waals surface area contributed by atoms with E-state index in [4.69, 9.17) is 9.26 Å². The van der Waals surface area contributed by atoms with Gasteiger partial charge in [0.1, 0.15) is 0 Å². The van der Waals surface area contributed by atoms with Crippen LogP contribution in [-0.4, -0.2) is 33.2 Å². The summed E-state index contributed by atoms with van der Waals surface area (Å²) in [6.45, 7) is 2.53. The average molecular weight is 604 g/mol. The second kappa shape index (κ2) is 22.3. The molecule has 0 fully saturated rings. The SMILES string of the molecule is CCCCCCCC/C=C\CCCCCCCC(=O)N[C@H](CO[PH](O)(O)O)Cc1ccc(OCc2ccccc2)cc1. The number of rotatable bonds is 24. The van der Waals surface area contributed by atoms with Crippen LogP contribution in [0.2, 0.25) is 0 Å². The Morgan fingerprint density at radius 1 is 0.786 bits per heavy atom. The van der Waals surface area contributed by atoms with Crippen LogP contribution in [0.4, 0.5) is 0 Å². The molecule has 0 saturated heterocycles. The van der Waals surface area contributed by atoms with Crippen molar-refractivity contribution in [3.05, 3.63) is 77.9 Å². The third-order valence-corrected chi connectivity index (χ3v) is 7.72. The first-order valence-electron chi connectivity index (χ1n) is 15.9. The van der Waals surface area contributed by atoms with Crippen molar-refractivity contribution >= 4 is 14.1 Å². The fraction of sp³-hybridized carbons (Fsp3) is 0.559. The van der Waals surface area contributed by atoms with Gasteiger partial charge in [0.15, 0.2) is 0 Å². The monoisotopic (exact) mass is 603 g/mol.